The number of methoxy groups -OCH3 is 9. The Bertz CT molecular complexity index is 4870. The van der Waals surface area contributed by atoms with E-state index in [2.05, 4.69) is 67.7 Å². The van der Waals surface area contributed by atoms with Crippen molar-refractivity contribution < 1.29 is 85.8 Å². The van der Waals surface area contributed by atoms with Crippen LogP contribution in [0.5, 0.6) is 34.5 Å². The third kappa shape index (κ3) is 26.7. The van der Waals surface area contributed by atoms with E-state index in [4.69, 9.17) is 47.7 Å². The smallest absolute Gasteiger partial charge is 0.325 e. The van der Waals surface area contributed by atoms with E-state index >= 15 is 0 Å². The van der Waals surface area contributed by atoms with E-state index in [0.717, 1.165) is 23.1 Å². The summed E-state index contributed by atoms with van der Waals surface area (Å²) in [5, 5.41) is 22.6. The molecule has 9 rings (SSSR count). The molecule has 0 radical (unpaired) electrons. The quantitative estimate of drug-likeness (QED) is 0.0237. The van der Waals surface area contributed by atoms with Crippen LogP contribution in [0.2, 0.25) is 0 Å². The fourth-order valence-corrected chi connectivity index (χ4v) is 13.2. The number of aryl methyl sites for hydroxylation is 3. The van der Waals surface area contributed by atoms with Crippen molar-refractivity contribution in [2.45, 2.75) is 131 Å². The first-order chi connectivity index (χ1) is 58.5. The first kappa shape index (κ1) is 96.1. The van der Waals surface area contributed by atoms with E-state index in [9.17, 15) is 43.2 Å². The topological polar surface area (TPSA) is 336 Å². The minimum atomic E-state index is -0.894. The van der Waals surface area contributed by atoms with Gasteiger partial charge in [-0.1, -0.05) is 157 Å². The minimum absolute atomic E-state index is 0.0668. The Morgan fingerprint density at radius 2 is 0.648 bits per heavy atom. The van der Waals surface area contributed by atoms with Gasteiger partial charge in [0, 0.05) is 34.2 Å². The number of nitrogens with one attached hydrogen (secondary N) is 3. The molecule has 3 N–H and O–H groups in total. The summed E-state index contributed by atoms with van der Waals surface area (Å²) in [6.45, 7) is 14.9. The molecule has 0 saturated heterocycles. The second-order valence-corrected chi connectivity index (χ2v) is 30.0. The number of hydrogen-bond donors (Lipinski definition) is 3. The lowest BCUT2D eigenvalue weighted by Crippen LogP contribution is -2.49. The molecule has 0 spiro atoms. The van der Waals surface area contributed by atoms with Gasteiger partial charge in [0.05, 0.1) is 104 Å². The van der Waals surface area contributed by atoms with E-state index in [-0.39, 0.29) is 60.5 Å². The highest BCUT2D eigenvalue weighted by molar-refractivity contribution is 6.00. The zero-order valence-electron chi connectivity index (χ0n) is 73.5. The van der Waals surface area contributed by atoms with Crippen LogP contribution in [0.4, 0.5) is 0 Å². The maximum absolute atomic E-state index is 13.7. The molecule has 3 heterocycles. The lowest BCUT2D eigenvalue weighted by atomic mass is 10.0. The maximum Gasteiger partial charge on any atom is 0.325 e. The summed E-state index contributed by atoms with van der Waals surface area (Å²) in [5.41, 5.74) is 7.53. The monoisotopic (exact) mass is 1680 g/mol. The van der Waals surface area contributed by atoms with Crippen LogP contribution in [-0.2, 0) is 75.3 Å². The SMILES string of the molecule is CCC(C)Cn1nc(C(=O)N[C@@H](CCc2ccccc2)C(=O)N(C)CC(=O)OC)cc1-c1c(OC)cccc1OC.COC(=O)CN(C)C(=O)[C@H](CCc1ccccc1)NC(=O)c1cc(-c2c(OC)cccc2OC)n(C(C)C(C)C)n1.COC(=O)CN(C)C(=O)[C@H](CCc1ccccc1)NC(=O)c1cc(-c2c(OC)cccc2OC)n(CC(C)C)n1. The molecule has 9 aromatic rings. The highest BCUT2D eigenvalue weighted by Gasteiger charge is 2.34. The van der Waals surface area contributed by atoms with Crippen molar-refractivity contribution in [2.24, 2.45) is 17.8 Å². The van der Waals surface area contributed by atoms with Gasteiger partial charge in [0.15, 0.2) is 17.1 Å². The molecular weight excluding hydrogens is 1560 g/mol. The van der Waals surface area contributed by atoms with E-state index in [1.165, 1.54) is 57.2 Å². The first-order valence-corrected chi connectivity index (χ1v) is 40.4. The van der Waals surface area contributed by atoms with Crippen molar-refractivity contribution in [3.63, 3.8) is 0 Å². The number of ether oxygens (including phenoxy) is 9. The summed E-state index contributed by atoms with van der Waals surface area (Å²) < 4.78 is 53.2. The Labute approximate surface area is 714 Å². The van der Waals surface area contributed by atoms with Crippen LogP contribution in [0, 0.1) is 17.8 Å². The second-order valence-electron chi connectivity index (χ2n) is 30.0. The molecule has 0 aliphatic carbocycles. The summed E-state index contributed by atoms with van der Waals surface area (Å²) in [6.07, 6.45) is 3.57. The van der Waals surface area contributed by atoms with E-state index < -0.39 is 71.5 Å². The Hall–Kier alpha value is -13.0. The van der Waals surface area contributed by atoms with Crippen molar-refractivity contribution in [1.29, 1.82) is 0 Å². The Morgan fingerprint density at radius 1 is 0.369 bits per heavy atom. The average Bonchev–Trinajstić information content (AvgIpc) is 1.64. The number of esters is 3. The highest BCUT2D eigenvalue weighted by atomic mass is 16.5. The molecule has 6 aromatic carbocycles. The van der Waals surface area contributed by atoms with Crippen molar-refractivity contribution in [2.75, 3.05) is 105 Å². The summed E-state index contributed by atoms with van der Waals surface area (Å²) >= 11 is 0. The van der Waals surface area contributed by atoms with Crippen LogP contribution in [0.3, 0.4) is 0 Å². The van der Waals surface area contributed by atoms with Gasteiger partial charge >= 0.3 is 17.9 Å². The normalized spacial score (nSPS) is 12.1. The molecule has 0 saturated carbocycles. The number of amides is 6. The number of hydrogen-bond acceptors (Lipinski definition) is 21. The zero-order valence-corrected chi connectivity index (χ0v) is 73.5. The van der Waals surface area contributed by atoms with E-state index in [0.29, 0.717) is 120 Å². The summed E-state index contributed by atoms with van der Waals surface area (Å²) in [4.78, 5) is 120. The molecule has 0 fully saturated rings. The lowest BCUT2D eigenvalue weighted by Gasteiger charge is -2.24. The third-order valence-electron chi connectivity index (χ3n) is 20.5. The molecule has 122 heavy (non-hydrogen) atoms. The van der Waals surface area contributed by atoms with Crippen molar-refractivity contribution >= 4 is 53.4 Å². The largest absolute Gasteiger partial charge is 0.496 e. The van der Waals surface area contributed by atoms with E-state index in [1.807, 2.05) is 153 Å². The summed E-state index contributed by atoms with van der Waals surface area (Å²) in [6, 6.07) is 47.8. The van der Waals surface area contributed by atoms with Gasteiger partial charge in [-0.05, 0) is 134 Å². The number of carbonyl (C=O) groups is 9. The number of carbonyl (C=O) groups excluding carboxylic acids is 9. The van der Waals surface area contributed by atoms with Gasteiger partial charge in [-0.3, -0.25) is 57.2 Å². The van der Waals surface area contributed by atoms with Crippen LogP contribution in [0.25, 0.3) is 33.8 Å². The molecule has 5 atom stereocenters. The molecule has 0 bridgehead atoms. The number of likely N-dealkylation sites (N-methyl/N-ethyl adjacent to an activating group) is 3. The maximum atomic E-state index is 13.7. The first-order valence-electron chi connectivity index (χ1n) is 40.4. The predicted octanol–water partition coefficient (Wildman–Crippen LogP) is 11.7. The van der Waals surface area contributed by atoms with Gasteiger partial charge in [-0.15, -0.1) is 0 Å². The number of rotatable bonds is 40. The molecule has 654 valence electrons. The van der Waals surface area contributed by atoms with Gasteiger partial charge in [0.1, 0.15) is 72.3 Å². The molecule has 30 nitrogen and oxygen atoms in total. The second kappa shape index (κ2) is 47.7. The fraction of sp³-hybridized carbons (Fsp3) is 0.413. The molecule has 0 aliphatic rings. The Kier molecular flexibility index (Phi) is 37.6. The van der Waals surface area contributed by atoms with Crippen LogP contribution in [-0.4, -0.2) is 220 Å². The average molecular weight is 1680 g/mol. The van der Waals surface area contributed by atoms with Crippen molar-refractivity contribution in [3.8, 4) is 68.3 Å². The molecule has 30 heteroatoms. The predicted molar refractivity (Wildman–Crippen MR) is 463 cm³/mol. The minimum Gasteiger partial charge on any atom is -0.496 e. The Balaban J connectivity index is 0.000000252. The summed E-state index contributed by atoms with van der Waals surface area (Å²) in [7, 11) is 17.8. The number of aromatic nitrogens is 6. The molecule has 2 unspecified atom stereocenters. The summed E-state index contributed by atoms with van der Waals surface area (Å²) in [5.74, 6) is -0.138. The standard InChI is InChI=1S/2C31H40N4O6.C30H38N4O6/c1-20(2)21(3)35-25(29-26(39-5)14-11-15-27(29)40-6)18-24(33-35)30(37)32-23(17-16-22-12-9-8-10-13-22)31(38)34(4)19-28(36)41-7;1-7-21(2)19-35-25(29-26(39-4)14-11-15-27(29)40-5)18-24(33-35)30(37)32-23(17-16-22-12-9-8-10-13-22)31(38)34(3)20-28(36)41-6;1-20(2)18-34-24(28-25(38-4)13-10-14-26(28)39-5)17-23(32-34)29(36)31-22(16-15-21-11-8-7-9-12-21)30(37)33(3)19-27(35)40-6/h8-15,18,20-21,23H,16-17,19H2,1-7H3,(H,32,37);8-15,18,21,23H,7,16-17,19-20H2,1-6H3,(H,32,37);7-14,17,20,22H,15-16,18-19H2,1-6H3,(H,31,36)/t2*21?,23-;22-/m000/s1. The Morgan fingerprint density at radius 3 is 0.918 bits per heavy atom. The van der Waals surface area contributed by atoms with Gasteiger partial charge in [0.25, 0.3) is 17.7 Å². The highest BCUT2D eigenvalue weighted by Crippen LogP contribution is 2.43. The van der Waals surface area contributed by atoms with Crippen LogP contribution in [0.15, 0.2) is 164 Å². The van der Waals surface area contributed by atoms with Crippen LogP contribution in [0.1, 0.15) is 128 Å². The molecular formula is C92H118N12O18. The molecule has 6 amide bonds. The number of nitrogens with zero attached hydrogens (tertiary/aromatic N) is 9. The third-order valence-corrected chi connectivity index (χ3v) is 20.5. The van der Waals surface area contributed by atoms with Crippen molar-refractivity contribution in [1.82, 2.24) is 60.0 Å². The fourth-order valence-electron chi connectivity index (χ4n) is 13.2. The van der Waals surface area contributed by atoms with Crippen LogP contribution >= 0.6 is 0 Å². The van der Waals surface area contributed by atoms with Crippen molar-refractivity contribution in [3.05, 3.63) is 198 Å². The van der Waals surface area contributed by atoms with Gasteiger partial charge in [-0.25, -0.2) is 0 Å². The zero-order chi connectivity index (χ0) is 89.3. The molecule has 0 aliphatic heterocycles. The number of benzene rings is 6. The molecule has 3 aromatic heterocycles. The van der Waals surface area contributed by atoms with Gasteiger partial charge in [-0.2, -0.15) is 15.3 Å². The lowest BCUT2D eigenvalue weighted by molar-refractivity contribution is -0.146. The van der Waals surface area contributed by atoms with Gasteiger partial charge in [0.2, 0.25) is 17.7 Å². The van der Waals surface area contributed by atoms with E-state index in [1.54, 1.807) is 74.9 Å². The van der Waals surface area contributed by atoms with Crippen LogP contribution < -0.4 is 44.4 Å². The van der Waals surface area contributed by atoms with Gasteiger partial charge < -0.3 is 73.3 Å².